The Morgan fingerprint density at radius 1 is 1.11 bits per heavy atom. The average molecular weight is 248 g/mol. The topological polar surface area (TPSA) is 49.8 Å². The first-order valence-electron chi connectivity index (χ1n) is 6.94. The first kappa shape index (κ1) is 13.1. The number of nitrogens with one attached hydrogen (secondary N) is 2. The molecule has 0 amide bonds. The van der Waals surface area contributed by atoms with Gasteiger partial charge in [-0.1, -0.05) is 26.7 Å². The number of nitrogens with zero attached hydrogens (tertiary/aromatic N) is 2. The van der Waals surface area contributed by atoms with Gasteiger partial charge in [0.1, 0.15) is 17.5 Å². The summed E-state index contributed by atoms with van der Waals surface area (Å²) in [5, 5.41) is 6.75. The quantitative estimate of drug-likeness (QED) is 0.858. The van der Waals surface area contributed by atoms with Crippen LogP contribution >= 0.6 is 0 Å². The highest BCUT2D eigenvalue weighted by atomic mass is 15.1. The summed E-state index contributed by atoms with van der Waals surface area (Å²) in [5.74, 6) is 3.20. The Bertz CT molecular complexity index is 409. The van der Waals surface area contributed by atoms with Crippen LogP contribution in [-0.2, 0) is 0 Å². The number of aromatic nitrogens is 2. The summed E-state index contributed by atoms with van der Waals surface area (Å²) in [4.78, 5) is 9.24. The third-order valence-electron chi connectivity index (χ3n) is 3.61. The summed E-state index contributed by atoms with van der Waals surface area (Å²) in [6, 6.07) is 0.586. The van der Waals surface area contributed by atoms with Gasteiger partial charge in [0, 0.05) is 24.6 Å². The van der Waals surface area contributed by atoms with E-state index in [9.17, 15) is 0 Å². The minimum absolute atomic E-state index is 0.349. The zero-order valence-corrected chi connectivity index (χ0v) is 11.9. The van der Waals surface area contributed by atoms with Crippen molar-refractivity contribution in [2.45, 2.75) is 58.4 Å². The van der Waals surface area contributed by atoms with Gasteiger partial charge in [-0.3, -0.25) is 0 Å². The maximum atomic E-state index is 4.68. The van der Waals surface area contributed by atoms with E-state index >= 15 is 0 Å². The van der Waals surface area contributed by atoms with Crippen LogP contribution in [0.3, 0.4) is 0 Å². The summed E-state index contributed by atoms with van der Waals surface area (Å²) in [6.07, 6.45) is 5.18. The molecule has 0 aromatic carbocycles. The molecule has 1 heterocycles. The summed E-state index contributed by atoms with van der Waals surface area (Å²) in [7, 11) is 1.92. The van der Waals surface area contributed by atoms with Crippen LogP contribution in [-0.4, -0.2) is 23.1 Å². The van der Waals surface area contributed by atoms with Gasteiger partial charge < -0.3 is 10.6 Å². The fraction of sp³-hybridized carbons (Fsp3) is 0.714. The van der Waals surface area contributed by atoms with Crippen molar-refractivity contribution >= 4 is 11.6 Å². The highest BCUT2D eigenvalue weighted by Gasteiger charge is 2.18. The van der Waals surface area contributed by atoms with E-state index in [1.54, 1.807) is 0 Å². The number of anilines is 2. The third-order valence-corrected chi connectivity index (χ3v) is 3.61. The molecule has 2 rings (SSSR count). The number of hydrogen-bond donors (Lipinski definition) is 2. The van der Waals surface area contributed by atoms with Crippen molar-refractivity contribution in [1.29, 1.82) is 0 Å². The predicted molar refractivity (Wildman–Crippen MR) is 76.3 cm³/mol. The molecule has 1 aliphatic rings. The Morgan fingerprint density at radius 3 is 2.28 bits per heavy atom. The lowest BCUT2D eigenvalue weighted by molar-refractivity contribution is 0.733. The van der Waals surface area contributed by atoms with Gasteiger partial charge in [0.15, 0.2) is 0 Å². The highest BCUT2D eigenvalue weighted by molar-refractivity contribution is 5.57. The molecule has 0 spiro atoms. The molecule has 1 fully saturated rings. The fourth-order valence-corrected chi connectivity index (χ4v) is 2.44. The molecule has 1 aromatic rings. The monoisotopic (exact) mass is 248 g/mol. The van der Waals surface area contributed by atoms with Crippen molar-refractivity contribution < 1.29 is 0 Å². The molecular weight excluding hydrogens is 224 g/mol. The van der Waals surface area contributed by atoms with Crippen LogP contribution in [0.15, 0.2) is 0 Å². The van der Waals surface area contributed by atoms with E-state index in [-0.39, 0.29) is 0 Å². The minimum Gasteiger partial charge on any atom is -0.373 e. The van der Waals surface area contributed by atoms with E-state index < -0.39 is 0 Å². The normalized spacial score (nSPS) is 16.3. The summed E-state index contributed by atoms with van der Waals surface area (Å²) < 4.78 is 0. The van der Waals surface area contributed by atoms with Crippen LogP contribution in [0, 0.1) is 6.92 Å². The zero-order valence-electron chi connectivity index (χ0n) is 11.9. The molecule has 1 aliphatic carbocycles. The SMILES string of the molecule is CNc1nc(C(C)C)nc(NC2CCCC2)c1C. The molecular formula is C14H24N4. The highest BCUT2D eigenvalue weighted by Crippen LogP contribution is 2.27. The van der Waals surface area contributed by atoms with Gasteiger partial charge in [-0.15, -0.1) is 0 Å². The van der Waals surface area contributed by atoms with E-state index in [2.05, 4.69) is 41.4 Å². The van der Waals surface area contributed by atoms with Crippen LogP contribution in [0.25, 0.3) is 0 Å². The molecule has 2 N–H and O–H groups in total. The van der Waals surface area contributed by atoms with Crippen molar-refractivity contribution in [1.82, 2.24) is 9.97 Å². The maximum Gasteiger partial charge on any atom is 0.135 e. The molecule has 0 radical (unpaired) electrons. The molecule has 0 atom stereocenters. The van der Waals surface area contributed by atoms with Gasteiger partial charge in [0.2, 0.25) is 0 Å². The molecule has 4 nitrogen and oxygen atoms in total. The Morgan fingerprint density at radius 2 is 1.72 bits per heavy atom. The lowest BCUT2D eigenvalue weighted by Gasteiger charge is -2.18. The second-order valence-corrected chi connectivity index (χ2v) is 5.43. The largest absolute Gasteiger partial charge is 0.373 e. The van der Waals surface area contributed by atoms with Gasteiger partial charge in [-0.2, -0.15) is 0 Å². The minimum atomic E-state index is 0.349. The molecule has 0 aliphatic heterocycles. The maximum absolute atomic E-state index is 4.68. The first-order valence-corrected chi connectivity index (χ1v) is 6.94. The van der Waals surface area contributed by atoms with Gasteiger partial charge in [0.05, 0.1) is 0 Å². The first-order chi connectivity index (χ1) is 8.61. The van der Waals surface area contributed by atoms with Crippen LogP contribution in [0.4, 0.5) is 11.6 Å². The predicted octanol–water partition coefficient (Wildman–Crippen LogP) is 3.30. The fourth-order valence-electron chi connectivity index (χ4n) is 2.44. The van der Waals surface area contributed by atoms with E-state index in [1.165, 1.54) is 25.7 Å². The van der Waals surface area contributed by atoms with Crippen LogP contribution in [0.5, 0.6) is 0 Å². The van der Waals surface area contributed by atoms with Gasteiger partial charge in [-0.05, 0) is 19.8 Å². The van der Waals surface area contributed by atoms with Crippen LogP contribution in [0.2, 0.25) is 0 Å². The molecule has 0 unspecified atom stereocenters. The summed E-state index contributed by atoms with van der Waals surface area (Å²) in [5.41, 5.74) is 1.12. The van der Waals surface area contributed by atoms with Crippen LogP contribution < -0.4 is 10.6 Å². The van der Waals surface area contributed by atoms with E-state index in [0.29, 0.717) is 12.0 Å². The second kappa shape index (κ2) is 5.55. The molecule has 0 saturated heterocycles. The smallest absolute Gasteiger partial charge is 0.135 e. The molecule has 1 aromatic heterocycles. The standard InChI is InChI=1S/C14H24N4/c1-9(2)12-17-13(15-4)10(3)14(18-12)16-11-7-5-6-8-11/h9,11H,5-8H2,1-4H3,(H2,15,16,17,18). The third kappa shape index (κ3) is 2.74. The van der Waals surface area contributed by atoms with Crippen molar-refractivity contribution in [2.75, 3.05) is 17.7 Å². The van der Waals surface area contributed by atoms with Crippen molar-refractivity contribution in [2.24, 2.45) is 0 Å². The molecule has 18 heavy (non-hydrogen) atoms. The van der Waals surface area contributed by atoms with Gasteiger partial charge >= 0.3 is 0 Å². The van der Waals surface area contributed by atoms with Crippen molar-refractivity contribution in [3.63, 3.8) is 0 Å². The lowest BCUT2D eigenvalue weighted by atomic mass is 10.2. The summed E-state index contributed by atoms with van der Waals surface area (Å²) >= 11 is 0. The molecule has 0 bridgehead atoms. The second-order valence-electron chi connectivity index (χ2n) is 5.43. The number of rotatable bonds is 4. The van der Waals surface area contributed by atoms with Crippen molar-refractivity contribution in [3.8, 4) is 0 Å². The zero-order chi connectivity index (χ0) is 13.1. The Balaban J connectivity index is 2.28. The van der Waals surface area contributed by atoms with Crippen LogP contribution in [0.1, 0.15) is 56.8 Å². The molecule has 1 saturated carbocycles. The number of hydrogen-bond acceptors (Lipinski definition) is 4. The van der Waals surface area contributed by atoms with Crippen molar-refractivity contribution in [3.05, 3.63) is 11.4 Å². The average Bonchev–Trinajstić information content (AvgIpc) is 2.84. The summed E-state index contributed by atoms with van der Waals surface area (Å²) in [6.45, 7) is 6.33. The van der Waals surface area contributed by atoms with E-state index in [4.69, 9.17) is 0 Å². The Labute approximate surface area is 110 Å². The lowest BCUT2D eigenvalue weighted by Crippen LogP contribution is -2.18. The van der Waals surface area contributed by atoms with Gasteiger partial charge in [0.25, 0.3) is 0 Å². The van der Waals surface area contributed by atoms with E-state index in [1.807, 2.05) is 7.05 Å². The molecule has 100 valence electrons. The Kier molecular flexibility index (Phi) is 4.04. The van der Waals surface area contributed by atoms with E-state index in [0.717, 1.165) is 23.0 Å². The Hall–Kier alpha value is -1.32. The molecule has 4 heteroatoms. The van der Waals surface area contributed by atoms with Gasteiger partial charge in [-0.25, -0.2) is 9.97 Å².